The summed E-state index contributed by atoms with van der Waals surface area (Å²) in [5.74, 6) is -1.63. The third kappa shape index (κ3) is 5.88. The van der Waals surface area contributed by atoms with Crippen LogP contribution in [0.3, 0.4) is 0 Å². The van der Waals surface area contributed by atoms with Gasteiger partial charge < -0.3 is 24.9 Å². The summed E-state index contributed by atoms with van der Waals surface area (Å²) >= 11 is 0. The van der Waals surface area contributed by atoms with E-state index in [-0.39, 0.29) is 23.3 Å². The van der Waals surface area contributed by atoms with Crippen LogP contribution in [0.4, 0.5) is 0 Å². The normalized spacial score (nSPS) is 12.7. The first-order chi connectivity index (χ1) is 13.5. The van der Waals surface area contributed by atoms with E-state index in [9.17, 15) is 19.5 Å². The summed E-state index contributed by atoms with van der Waals surface area (Å²) in [6.45, 7) is 6.15. The van der Waals surface area contributed by atoms with Crippen LogP contribution in [-0.2, 0) is 20.8 Å². The maximum atomic E-state index is 12.7. The molecule has 0 radical (unpaired) electrons. The Kier molecular flexibility index (Phi) is 7.16. The van der Waals surface area contributed by atoms with Crippen molar-refractivity contribution in [2.75, 3.05) is 13.7 Å². The molecule has 1 aromatic heterocycles. The van der Waals surface area contributed by atoms with E-state index in [0.29, 0.717) is 30.7 Å². The second-order valence-corrected chi connectivity index (χ2v) is 7.87. The van der Waals surface area contributed by atoms with Crippen molar-refractivity contribution in [2.24, 2.45) is 5.73 Å². The molecule has 0 saturated carbocycles. The smallest absolute Gasteiger partial charge is 0.341 e. The van der Waals surface area contributed by atoms with Crippen LogP contribution >= 0.6 is 0 Å². The Balaban J connectivity index is 2.34. The molecule has 1 atom stereocenters. The first-order valence-electron chi connectivity index (χ1n) is 9.40. The lowest BCUT2D eigenvalue weighted by Crippen LogP contribution is -2.24. The van der Waals surface area contributed by atoms with E-state index in [0.717, 1.165) is 0 Å². The van der Waals surface area contributed by atoms with Gasteiger partial charge in [0.2, 0.25) is 5.43 Å². The SMILES string of the molecule is COCCn1cc(C(=O)O)c(=O)c2cc(C(N)CCC(=O)OC(C)(C)C)ccc21. The Bertz CT molecular complexity index is 958. The number of carbonyl (C=O) groups is 2. The number of aromatic carboxylic acids is 1. The average molecular weight is 404 g/mol. The van der Waals surface area contributed by atoms with E-state index in [1.807, 2.05) is 0 Å². The number of carbonyl (C=O) groups excluding carboxylic acids is 1. The summed E-state index contributed by atoms with van der Waals surface area (Å²) in [4.78, 5) is 36.1. The number of fused-ring (bicyclic) bond motifs is 1. The van der Waals surface area contributed by atoms with Crippen molar-refractivity contribution >= 4 is 22.8 Å². The van der Waals surface area contributed by atoms with Crippen molar-refractivity contribution in [3.05, 3.63) is 45.7 Å². The minimum atomic E-state index is -1.29. The molecule has 0 aliphatic heterocycles. The van der Waals surface area contributed by atoms with Gasteiger partial charge in [0, 0.05) is 37.7 Å². The first-order valence-corrected chi connectivity index (χ1v) is 9.40. The number of esters is 1. The molecule has 3 N–H and O–H groups in total. The quantitative estimate of drug-likeness (QED) is 0.648. The Morgan fingerprint density at radius 3 is 2.55 bits per heavy atom. The minimum Gasteiger partial charge on any atom is -0.477 e. The third-order valence-corrected chi connectivity index (χ3v) is 4.38. The monoisotopic (exact) mass is 404 g/mol. The van der Waals surface area contributed by atoms with Gasteiger partial charge in [0.1, 0.15) is 11.2 Å². The molecule has 0 saturated heterocycles. The van der Waals surface area contributed by atoms with Crippen LogP contribution < -0.4 is 11.2 Å². The second-order valence-electron chi connectivity index (χ2n) is 7.87. The predicted molar refractivity (Wildman–Crippen MR) is 109 cm³/mol. The summed E-state index contributed by atoms with van der Waals surface area (Å²) in [5, 5.41) is 9.64. The molecular formula is C21H28N2O6. The van der Waals surface area contributed by atoms with Gasteiger partial charge in [0.25, 0.3) is 0 Å². The summed E-state index contributed by atoms with van der Waals surface area (Å²) in [6.07, 6.45) is 1.81. The standard InChI is InChI=1S/C21H28N2O6/c1-21(2,3)29-18(24)8-6-16(22)13-5-7-17-14(11-13)19(25)15(20(26)27)12-23(17)9-10-28-4/h5,7,11-12,16H,6,8-10,22H2,1-4H3,(H,26,27). The highest BCUT2D eigenvalue weighted by Crippen LogP contribution is 2.22. The number of methoxy groups -OCH3 is 1. The lowest BCUT2D eigenvalue weighted by Gasteiger charge is -2.20. The van der Waals surface area contributed by atoms with Gasteiger partial charge in [-0.05, 0) is 44.9 Å². The van der Waals surface area contributed by atoms with Crippen molar-refractivity contribution in [1.82, 2.24) is 4.57 Å². The Labute approximate surface area is 169 Å². The molecule has 8 heteroatoms. The Morgan fingerprint density at radius 2 is 1.97 bits per heavy atom. The number of carboxylic acid groups (broad SMARTS) is 1. The molecule has 0 fully saturated rings. The lowest BCUT2D eigenvalue weighted by atomic mass is 9.99. The number of nitrogens with two attached hydrogens (primary N) is 1. The maximum Gasteiger partial charge on any atom is 0.341 e. The zero-order chi connectivity index (χ0) is 21.8. The predicted octanol–water partition coefficient (Wildman–Crippen LogP) is 2.47. The number of ether oxygens (including phenoxy) is 2. The number of hydrogen-bond acceptors (Lipinski definition) is 6. The molecule has 0 bridgehead atoms. The fraction of sp³-hybridized carbons (Fsp3) is 0.476. The highest BCUT2D eigenvalue weighted by atomic mass is 16.6. The molecule has 1 heterocycles. The van der Waals surface area contributed by atoms with Crippen LogP contribution in [0.5, 0.6) is 0 Å². The molecule has 158 valence electrons. The molecule has 1 aromatic carbocycles. The van der Waals surface area contributed by atoms with Gasteiger partial charge in [-0.2, -0.15) is 0 Å². The Hall–Kier alpha value is -2.71. The van der Waals surface area contributed by atoms with E-state index in [1.54, 1.807) is 50.6 Å². The third-order valence-electron chi connectivity index (χ3n) is 4.38. The number of hydrogen-bond donors (Lipinski definition) is 2. The first kappa shape index (κ1) is 22.6. The molecule has 0 aliphatic carbocycles. The molecule has 0 amide bonds. The molecular weight excluding hydrogens is 376 g/mol. The number of pyridine rings is 1. The molecule has 1 unspecified atom stereocenters. The van der Waals surface area contributed by atoms with Crippen LogP contribution in [0.1, 0.15) is 55.6 Å². The van der Waals surface area contributed by atoms with Gasteiger partial charge in [-0.3, -0.25) is 9.59 Å². The lowest BCUT2D eigenvalue weighted by molar-refractivity contribution is -0.155. The molecule has 0 aliphatic rings. The Morgan fingerprint density at radius 1 is 1.28 bits per heavy atom. The topological polar surface area (TPSA) is 121 Å². The highest BCUT2D eigenvalue weighted by Gasteiger charge is 2.19. The largest absolute Gasteiger partial charge is 0.477 e. The van der Waals surface area contributed by atoms with Gasteiger partial charge in [-0.1, -0.05) is 6.07 Å². The fourth-order valence-corrected chi connectivity index (χ4v) is 3.01. The van der Waals surface area contributed by atoms with Gasteiger partial charge >= 0.3 is 11.9 Å². The van der Waals surface area contributed by atoms with E-state index in [1.165, 1.54) is 6.20 Å². The molecule has 29 heavy (non-hydrogen) atoms. The summed E-state index contributed by atoms with van der Waals surface area (Å²) in [6, 6.07) is 4.63. The van der Waals surface area contributed by atoms with E-state index in [2.05, 4.69) is 0 Å². The molecule has 2 rings (SSSR count). The maximum absolute atomic E-state index is 12.7. The van der Waals surface area contributed by atoms with Crippen LogP contribution in [0.2, 0.25) is 0 Å². The zero-order valence-corrected chi connectivity index (χ0v) is 17.2. The van der Waals surface area contributed by atoms with E-state index in [4.69, 9.17) is 15.2 Å². The van der Waals surface area contributed by atoms with Crippen molar-refractivity contribution in [2.45, 2.75) is 51.8 Å². The van der Waals surface area contributed by atoms with Gasteiger partial charge in [-0.25, -0.2) is 4.79 Å². The van der Waals surface area contributed by atoms with E-state index < -0.39 is 23.0 Å². The van der Waals surface area contributed by atoms with E-state index >= 15 is 0 Å². The molecule has 2 aromatic rings. The summed E-state index contributed by atoms with van der Waals surface area (Å²) in [7, 11) is 1.55. The number of rotatable bonds is 8. The van der Waals surface area contributed by atoms with Gasteiger partial charge in [0.05, 0.1) is 12.1 Å². The number of aromatic nitrogens is 1. The van der Waals surface area contributed by atoms with Gasteiger partial charge in [-0.15, -0.1) is 0 Å². The van der Waals surface area contributed by atoms with Crippen molar-refractivity contribution < 1.29 is 24.2 Å². The number of carboxylic acids is 1. The van der Waals surface area contributed by atoms with Crippen molar-refractivity contribution in [1.29, 1.82) is 0 Å². The van der Waals surface area contributed by atoms with Crippen LogP contribution in [-0.4, -0.2) is 40.9 Å². The molecule has 0 spiro atoms. The van der Waals surface area contributed by atoms with Crippen LogP contribution in [0.25, 0.3) is 10.9 Å². The highest BCUT2D eigenvalue weighted by molar-refractivity contribution is 5.92. The van der Waals surface area contributed by atoms with Crippen molar-refractivity contribution in [3.63, 3.8) is 0 Å². The number of nitrogens with zero attached hydrogens (tertiary/aromatic N) is 1. The number of benzene rings is 1. The zero-order valence-electron chi connectivity index (χ0n) is 17.2. The minimum absolute atomic E-state index is 0.143. The summed E-state index contributed by atoms with van der Waals surface area (Å²) in [5.41, 5.74) is 6.02. The second kappa shape index (κ2) is 9.19. The van der Waals surface area contributed by atoms with Gasteiger partial charge in [0.15, 0.2) is 0 Å². The van der Waals surface area contributed by atoms with Crippen LogP contribution in [0, 0.1) is 0 Å². The average Bonchev–Trinajstić information content (AvgIpc) is 2.63. The fourth-order valence-electron chi connectivity index (χ4n) is 3.01. The molecule has 8 nitrogen and oxygen atoms in total. The van der Waals surface area contributed by atoms with Crippen LogP contribution in [0.15, 0.2) is 29.2 Å². The van der Waals surface area contributed by atoms with Crippen molar-refractivity contribution in [3.8, 4) is 0 Å². The summed E-state index contributed by atoms with van der Waals surface area (Å²) < 4.78 is 12.0.